The standard InChI is InChI=1S/C11H20N2O3/c1-3-6-16-8-11(15)13-5-4-10(7-13)12-9(2)14/h10H,3-8H2,1-2H3,(H,12,14). The van der Waals surface area contributed by atoms with Crippen molar-refractivity contribution in [2.24, 2.45) is 0 Å². The van der Waals surface area contributed by atoms with Crippen LogP contribution in [0.15, 0.2) is 0 Å². The minimum atomic E-state index is -0.0402. The molecular formula is C11H20N2O3. The quantitative estimate of drug-likeness (QED) is 0.681. The molecule has 0 radical (unpaired) electrons. The molecule has 1 unspecified atom stereocenters. The Morgan fingerprint density at radius 2 is 2.25 bits per heavy atom. The number of carbonyl (C=O) groups excluding carboxylic acids is 2. The van der Waals surface area contributed by atoms with E-state index in [9.17, 15) is 9.59 Å². The molecule has 0 aromatic heterocycles. The number of hydrogen-bond acceptors (Lipinski definition) is 3. The van der Waals surface area contributed by atoms with Crippen LogP contribution in [0.4, 0.5) is 0 Å². The second kappa shape index (κ2) is 6.48. The third-order valence-corrected chi connectivity index (χ3v) is 2.52. The zero-order valence-electron chi connectivity index (χ0n) is 9.99. The van der Waals surface area contributed by atoms with Crippen molar-refractivity contribution in [2.45, 2.75) is 32.7 Å². The summed E-state index contributed by atoms with van der Waals surface area (Å²) in [4.78, 5) is 24.2. The van der Waals surface area contributed by atoms with E-state index in [-0.39, 0.29) is 24.5 Å². The summed E-state index contributed by atoms with van der Waals surface area (Å²) in [7, 11) is 0. The second-order valence-corrected chi connectivity index (χ2v) is 4.08. The molecule has 0 saturated carbocycles. The minimum Gasteiger partial charge on any atom is -0.372 e. The van der Waals surface area contributed by atoms with E-state index in [2.05, 4.69) is 5.32 Å². The Morgan fingerprint density at radius 3 is 2.88 bits per heavy atom. The largest absolute Gasteiger partial charge is 0.372 e. The fourth-order valence-corrected chi connectivity index (χ4v) is 1.79. The van der Waals surface area contributed by atoms with Gasteiger partial charge in [-0.25, -0.2) is 0 Å². The average molecular weight is 228 g/mol. The molecule has 1 atom stereocenters. The lowest BCUT2D eigenvalue weighted by Crippen LogP contribution is -2.38. The summed E-state index contributed by atoms with van der Waals surface area (Å²) < 4.78 is 5.19. The van der Waals surface area contributed by atoms with Crippen molar-refractivity contribution >= 4 is 11.8 Å². The molecular weight excluding hydrogens is 208 g/mol. The van der Waals surface area contributed by atoms with E-state index in [0.717, 1.165) is 12.8 Å². The molecule has 2 amide bonds. The first-order valence-electron chi connectivity index (χ1n) is 5.76. The normalized spacial score (nSPS) is 19.9. The maximum Gasteiger partial charge on any atom is 0.248 e. The molecule has 92 valence electrons. The van der Waals surface area contributed by atoms with Crippen LogP contribution in [0.2, 0.25) is 0 Å². The Labute approximate surface area is 96.1 Å². The second-order valence-electron chi connectivity index (χ2n) is 4.08. The Kier molecular flexibility index (Phi) is 5.25. The van der Waals surface area contributed by atoms with Gasteiger partial charge in [0.25, 0.3) is 0 Å². The van der Waals surface area contributed by atoms with Gasteiger partial charge < -0.3 is 15.0 Å². The van der Waals surface area contributed by atoms with Gasteiger partial charge in [0, 0.05) is 32.7 Å². The van der Waals surface area contributed by atoms with Crippen molar-refractivity contribution in [3.63, 3.8) is 0 Å². The lowest BCUT2D eigenvalue weighted by atomic mass is 10.3. The number of amides is 2. The van der Waals surface area contributed by atoms with Gasteiger partial charge in [0.15, 0.2) is 0 Å². The molecule has 0 aromatic rings. The van der Waals surface area contributed by atoms with Gasteiger partial charge in [0.05, 0.1) is 0 Å². The Balaban J connectivity index is 2.24. The van der Waals surface area contributed by atoms with E-state index in [0.29, 0.717) is 19.7 Å². The smallest absolute Gasteiger partial charge is 0.248 e. The van der Waals surface area contributed by atoms with Crippen LogP contribution < -0.4 is 5.32 Å². The Morgan fingerprint density at radius 1 is 1.50 bits per heavy atom. The molecule has 16 heavy (non-hydrogen) atoms. The van der Waals surface area contributed by atoms with Crippen LogP contribution in [0.25, 0.3) is 0 Å². The van der Waals surface area contributed by atoms with Crippen LogP contribution in [0, 0.1) is 0 Å². The first-order chi connectivity index (χ1) is 7.63. The third-order valence-electron chi connectivity index (χ3n) is 2.52. The molecule has 1 fully saturated rings. The molecule has 5 heteroatoms. The van der Waals surface area contributed by atoms with Crippen molar-refractivity contribution in [1.29, 1.82) is 0 Å². The molecule has 1 aliphatic heterocycles. The molecule has 1 heterocycles. The maximum absolute atomic E-state index is 11.6. The highest BCUT2D eigenvalue weighted by atomic mass is 16.5. The lowest BCUT2D eigenvalue weighted by Gasteiger charge is -2.16. The molecule has 1 aliphatic rings. The fourth-order valence-electron chi connectivity index (χ4n) is 1.79. The van der Waals surface area contributed by atoms with Gasteiger partial charge in [0.1, 0.15) is 6.61 Å². The van der Waals surface area contributed by atoms with Crippen LogP contribution in [0.5, 0.6) is 0 Å². The molecule has 0 spiro atoms. The third kappa shape index (κ3) is 4.18. The lowest BCUT2D eigenvalue weighted by molar-refractivity contribution is -0.135. The Bertz CT molecular complexity index is 256. The number of carbonyl (C=O) groups is 2. The van der Waals surface area contributed by atoms with Crippen molar-refractivity contribution in [2.75, 3.05) is 26.3 Å². The molecule has 0 aliphatic carbocycles. The van der Waals surface area contributed by atoms with Gasteiger partial charge in [-0.15, -0.1) is 0 Å². The van der Waals surface area contributed by atoms with Gasteiger partial charge in [-0.3, -0.25) is 9.59 Å². The van der Waals surface area contributed by atoms with Crippen LogP contribution in [-0.2, 0) is 14.3 Å². The number of nitrogens with zero attached hydrogens (tertiary/aromatic N) is 1. The molecule has 5 nitrogen and oxygen atoms in total. The molecule has 0 aromatic carbocycles. The van der Waals surface area contributed by atoms with Gasteiger partial charge >= 0.3 is 0 Å². The zero-order valence-corrected chi connectivity index (χ0v) is 9.99. The van der Waals surface area contributed by atoms with Crippen LogP contribution >= 0.6 is 0 Å². The number of hydrogen-bond donors (Lipinski definition) is 1. The van der Waals surface area contributed by atoms with Crippen LogP contribution in [0.3, 0.4) is 0 Å². The summed E-state index contributed by atoms with van der Waals surface area (Å²) in [5.74, 6) is -0.0252. The summed E-state index contributed by atoms with van der Waals surface area (Å²) in [6.45, 7) is 5.59. The van der Waals surface area contributed by atoms with E-state index in [1.165, 1.54) is 6.92 Å². The number of rotatable bonds is 5. The van der Waals surface area contributed by atoms with Crippen molar-refractivity contribution in [3.05, 3.63) is 0 Å². The zero-order chi connectivity index (χ0) is 12.0. The molecule has 0 bridgehead atoms. The van der Waals surface area contributed by atoms with Crippen molar-refractivity contribution in [3.8, 4) is 0 Å². The van der Waals surface area contributed by atoms with E-state index in [1.54, 1.807) is 4.90 Å². The van der Waals surface area contributed by atoms with E-state index >= 15 is 0 Å². The van der Waals surface area contributed by atoms with Crippen LogP contribution in [0.1, 0.15) is 26.7 Å². The van der Waals surface area contributed by atoms with Gasteiger partial charge in [0.2, 0.25) is 11.8 Å². The first kappa shape index (κ1) is 13.0. The van der Waals surface area contributed by atoms with E-state index in [4.69, 9.17) is 4.74 Å². The van der Waals surface area contributed by atoms with Gasteiger partial charge in [-0.05, 0) is 12.8 Å². The maximum atomic E-state index is 11.6. The number of nitrogens with one attached hydrogen (secondary N) is 1. The van der Waals surface area contributed by atoms with Crippen molar-refractivity contribution < 1.29 is 14.3 Å². The van der Waals surface area contributed by atoms with Gasteiger partial charge in [-0.2, -0.15) is 0 Å². The SMILES string of the molecule is CCCOCC(=O)N1CCC(NC(C)=O)C1. The summed E-state index contributed by atoms with van der Waals surface area (Å²) in [5.41, 5.74) is 0. The minimum absolute atomic E-state index is 0.0151. The number of likely N-dealkylation sites (tertiary alicyclic amines) is 1. The van der Waals surface area contributed by atoms with E-state index < -0.39 is 0 Å². The van der Waals surface area contributed by atoms with Crippen molar-refractivity contribution in [1.82, 2.24) is 10.2 Å². The average Bonchev–Trinajstić information content (AvgIpc) is 2.65. The topological polar surface area (TPSA) is 58.6 Å². The highest BCUT2D eigenvalue weighted by Gasteiger charge is 2.26. The molecule has 1 saturated heterocycles. The predicted molar refractivity (Wildman–Crippen MR) is 59.9 cm³/mol. The van der Waals surface area contributed by atoms with E-state index in [1.807, 2.05) is 6.92 Å². The van der Waals surface area contributed by atoms with Crippen LogP contribution in [-0.4, -0.2) is 49.1 Å². The number of ether oxygens (including phenoxy) is 1. The highest BCUT2D eigenvalue weighted by molar-refractivity contribution is 5.78. The monoisotopic (exact) mass is 228 g/mol. The first-order valence-corrected chi connectivity index (χ1v) is 5.76. The van der Waals surface area contributed by atoms with Gasteiger partial charge in [-0.1, -0.05) is 6.92 Å². The summed E-state index contributed by atoms with van der Waals surface area (Å²) in [6, 6.07) is 0.104. The molecule has 1 N–H and O–H groups in total. The molecule has 1 rings (SSSR count). The Hall–Kier alpha value is -1.10. The highest BCUT2D eigenvalue weighted by Crippen LogP contribution is 2.09. The fraction of sp³-hybridized carbons (Fsp3) is 0.818. The summed E-state index contributed by atoms with van der Waals surface area (Å²) >= 11 is 0. The summed E-state index contributed by atoms with van der Waals surface area (Å²) in [5, 5.41) is 2.82. The summed E-state index contributed by atoms with van der Waals surface area (Å²) in [6.07, 6.45) is 1.75. The predicted octanol–water partition coefficient (Wildman–Crippen LogP) is 0.150.